The summed E-state index contributed by atoms with van der Waals surface area (Å²) in [5.41, 5.74) is 0. The highest BCUT2D eigenvalue weighted by Crippen LogP contribution is 2.26. The van der Waals surface area contributed by atoms with Gasteiger partial charge in [0.25, 0.3) is 0 Å². The zero-order chi connectivity index (χ0) is 18.0. The molecule has 154 valence electrons. The van der Waals surface area contributed by atoms with Crippen molar-refractivity contribution in [3.63, 3.8) is 0 Å². The third-order valence-electron chi connectivity index (χ3n) is 5.62. The molecule has 1 aromatic heterocycles. The van der Waals surface area contributed by atoms with Crippen LogP contribution in [0.3, 0.4) is 0 Å². The summed E-state index contributed by atoms with van der Waals surface area (Å²) in [5.74, 6) is 0.983. The van der Waals surface area contributed by atoms with Crippen LogP contribution in [0.5, 0.6) is 0 Å². The molecule has 7 nitrogen and oxygen atoms in total. The minimum Gasteiger partial charge on any atom is -0.357 e. The van der Waals surface area contributed by atoms with Gasteiger partial charge in [0.15, 0.2) is 5.96 Å². The van der Waals surface area contributed by atoms with Crippen LogP contribution in [0.1, 0.15) is 58.3 Å². The SMILES string of the molecule is CCNC(=NCCCCn1cnnc1)NC1CCN(C2CCCC2)CC1.I. The van der Waals surface area contributed by atoms with Crippen molar-refractivity contribution in [3.8, 4) is 0 Å². The standard InChI is InChI=1S/C19H35N7.HI/c1-2-20-19(21-11-5-6-12-25-15-22-23-16-25)24-17-9-13-26(14-10-17)18-7-3-4-8-18;/h15-18H,2-14H2,1H3,(H2,20,21,24);1H. The molecule has 0 aromatic carbocycles. The van der Waals surface area contributed by atoms with Crippen LogP contribution in [-0.4, -0.2) is 63.9 Å². The van der Waals surface area contributed by atoms with Crippen molar-refractivity contribution in [2.75, 3.05) is 26.2 Å². The van der Waals surface area contributed by atoms with E-state index >= 15 is 0 Å². The van der Waals surface area contributed by atoms with E-state index in [1.165, 1.54) is 51.6 Å². The number of aliphatic imine (C=N–C) groups is 1. The molecule has 0 spiro atoms. The van der Waals surface area contributed by atoms with E-state index in [4.69, 9.17) is 4.99 Å². The van der Waals surface area contributed by atoms with Crippen LogP contribution < -0.4 is 10.6 Å². The van der Waals surface area contributed by atoms with Gasteiger partial charge in [-0.3, -0.25) is 4.99 Å². The molecule has 0 atom stereocenters. The number of rotatable bonds is 8. The predicted octanol–water partition coefficient (Wildman–Crippen LogP) is 2.64. The third-order valence-corrected chi connectivity index (χ3v) is 5.62. The number of unbranched alkanes of at least 4 members (excludes halogenated alkanes) is 1. The summed E-state index contributed by atoms with van der Waals surface area (Å²) in [7, 11) is 0. The summed E-state index contributed by atoms with van der Waals surface area (Å²) in [6.07, 6.45) is 13.9. The number of likely N-dealkylation sites (tertiary alicyclic amines) is 1. The van der Waals surface area contributed by atoms with Crippen LogP contribution in [0.4, 0.5) is 0 Å². The van der Waals surface area contributed by atoms with Crippen molar-refractivity contribution in [1.29, 1.82) is 0 Å². The van der Waals surface area contributed by atoms with Crippen LogP contribution in [-0.2, 0) is 6.54 Å². The molecule has 0 radical (unpaired) electrons. The molecule has 27 heavy (non-hydrogen) atoms. The predicted molar refractivity (Wildman–Crippen MR) is 121 cm³/mol. The lowest BCUT2D eigenvalue weighted by atomic mass is 10.0. The van der Waals surface area contributed by atoms with Crippen molar-refractivity contribution in [2.45, 2.75) is 76.9 Å². The van der Waals surface area contributed by atoms with E-state index in [2.05, 4.69) is 32.7 Å². The third kappa shape index (κ3) is 7.56. The van der Waals surface area contributed by atoms with Gasteiger partial charge in [0.1, 0.15) is 12.7 Å². The molecule has 0 unspecified atom stereocenters. The smallest absolute Gasteiger partial charge is 0.191 e. The second kappa shape index (κ2) is 12.5. The lowest BCUT2D eigenvalue weighted by molar-refractivity contribution is 0.150. The molecule has 2 N–H and O–H groups in total. The molecule has 1 aliphatic heterocycles. The van der Waals surface area contributed by atoms with Gasteiger partial charge in [-0.05, 0) is 45.4 Å². The van der Waals surface area contributed by atoms with E-state index in [1.807, 2.05) is 4.57 Å². The Kier molecular flexibility index (Phi) is 10.4. The Hall–Kier alpha value is -0.900. The minimum absolute atomic E-state index is 0. The average Bonchev–Trinajstić information content (AvgIpc) is 3.36. The Morgan fingerprint density at radius 1 is 1.07 bits per heavy atom. The fraction of sp³-hybridized carbons (Fsp3) is 0.842. The number of nitrogens with zero attached hydrogens (tertiary/aromatic N) is 5. The van der Waals surface area contributed by atoms with Gasteiger partial charge in [-0.1, -0.05) is 12.8 Å². The van der Waals surface area contributed by atoms with Crippen molar-refractivity contribution < 1.29 is 0 Å². The molecular weight excluding hydrogens is 453 g/mol. The zero-order valence-electron chi connectivity index (χ0n) is 16.6. The maximum Gasteiger partial charge on any atom is 0.191 e. The van der Waals surface area contributed by atoms with Gasteiger partial charge in [0.05, 0.1) is 0 Å². The summed E-state index contributed by atoms with van der Waals surface area (Å²) in [6, 6.07) is 1.42. The molecule has 0 amide bonds. The monoisotopic (exact) mass is 489 g/mol. The highest BCUT2D eigenvalue weighted by atomic mass is 127. The molecule has 1 aliphatic carbocycles. The average molecular weight is 489 g/mol. The van der Waals surface area contributed by atoms with Crippen LogP contribution >= 0.6 is 24.0 Å². The number of halogens is 1. The molecule has 8 heteroatoms. The first-order valence-corrected chi connectivity index (χ1v) is 10.5. The number of guanidine groups is 1. The van der Waals surface area contributed by atoms with Crippen LogP contribution in [0.25, 0.3) is 0 Å². The van der Waals surface area contributed by atoms with Gasteiger partial charge in [0, 0.05) is 44.8 Å². The quantitative estimate of drug-likeness (QED) is 0.254. The van der Waals surface area contributed by atoms with Gasteiger partial charge in [-0.15, -0.1) is 34.2 Å². The second-order valence-electron chi connectivity index (χ2n) is 7.56. The summed E-state index contributed by atoms with van der Waals surface area (Å²) in [6.45, 7) is 7.34. The first-order valence-electron chi connectivity index (χ1n) is 10.5. The van der Waals surface area contributed by atoms with Crippen LogP contribution in [0.15, 0.2) is 17.6 Å². The van der Waals surface area contributed by atoms with Gasteiger partial charge < -0.3 is 20.1 Å². The normalized spacial score (nSPS) is 19.8. The molecule has 0 bridgehead atoms. The van der Waals surface area contributed by atoms with Crippen molar-refractivity contribution in [1.82, 2.24) is 30.3 Å². The second-order valence-corrected chi connectivity index (χ2v) is 7.56. The van der Waals surface area contributed by atoms with E-state index < -0.39 is 0 Å². The van der Waals surface area contributed by atoms with E-state index in [0.29, 0.717) is 6.04 Å². The first-order chi connectivity index (χ1) is 12.8. The topological polar surface area (TPSA) is 70.4 Å². The summed E-state index contributed by atoms with van der Waals surface area (Å²) >= 11 is 0. The first kappa shape index (κ1) is 22.4. The molecule has 3 rings (SSSR count). The minimum atomic E-state index is 0. The molecule has 2 aliphatic rings. The summed E-state index contributed by atoms with van der Waals surface area (Å²) < 4.78 is 2.02. The Bertz CT molecular complexity index is 520. The summed E-state index contributed by atoms with van der Waals surface area (Å²) in [4.78, 5) is 7.49. The van der Waals surface area contributed by atoms with Crippen molar-refractivity contribution in [2.24, 2.45) is 4.99 Å². The molecule has 2 fully saturated rings. The number of aryl methyl sites for hydroxylation is 1. The Morgan fingerprint density at radius 2 is 1.78 bits per heavy atom. The Morgan fingerprint density at radius 3 is 2.44 bits per heavy atom. The van der Waals surface area contributed by atoms with Crippen LogP contribution in [0.2, 0.25) is 0 Å². The molecule has 2 heterocycles. The molecule has 1 saturated heterocycles. The number of hydrogen-bond donors (Lipinski definition) is 2. The number of hydrogen-bond acceptors (Lipinski definition) is 4. The van der Waals surface area contributed by atoms with Gasteiger partial charge in [0.2, 0.25) is 0 Å². The zero-order valence-corrected chi connectivity index (χ0v) is 19.0. The lowest BCUT2D eigenvalue weighted by Crippen LogP contribution is -2.50. The fourth-order valence-corrected chi connectivity index (χ4v) is 4.13. The van der Waals surface area contributed by atoms with Crippen molar-refractivity contribution in [3.05, 3.63) is 12.7 Å². The van der Waals surface area contributed by atoms with Gasteiger partial charge in [-0.2, -0.15) is 0 Å². The number of aromatic nitrogens is 3. The fourth-order valence-electron chi connectivity index (χ4n) is 4.13. The van der Waals surface area contributed by atoms with Crippen molar-refractivity contribution >= 4 is 29.9 Å². The van der Waals surface area contributed by atoms with Crippen LogP contribution in [0, 0.1) is 0 Å². The van der Waals surface area contributed by atoms with Gasteiger partial charge >= 0.3 is 0 Å². The maximum absolute atomic E-state index is 4.76. The number of nitrogens with one attached hydrogen (secondary N) is 2. The van der Waals surface area contributed by atoms with Gasteiger partial charge in [-0.25, -0.2) is 0 Å². The highest BCUT2D eigenvalue weighted by molar-refractivity contribution is 14.0. The van der Waals surface area contributed by atoms with E-state index in [9.17, 15) is 0 Å². The largest absolute Gasteiger partial charge is 0.357 e. The molecule has 1 saturated carbocycles. The van der Waals surface area contributed by atoms with E-state index in [1.54, 1.807) is 12.7 Å². The summed E-state index contributed by atoms with van der Waals surface area (Å²) in [5, 5.41) is 14.7. The molecular formula is C19H36IN7. The highest BCUT2D eigenvalue weighted by Gasteiger charge is 2.27. The Labute approximate surface area is 180 Å². The van der Waals surface area contributed by atoms with E-state index in [-0.39, 0.29) is 24.0 Å². The molecule has 1 aromatic rings. The van der Waals surface area contributed by atoms with E-state index in [0.717, 1.165) is 44.5 Å². The Balaban J connectivity index is 0.00000261. The maximum atomic E-state index is 4.76. The number of piperidine rings is 1. The lowest BCUT2D eigenvalue weighted by Gasteiger charge is -2.36.